The summed E-state index contributed by atoms with van der Waals surface area (Å²) in [6.07, 6.45) is 12.6. The molecular formula is C17H26N2O. The molecule has 3 heteroatoms. The van der Waals surface area contributed by atoms with E-state index < -0.39 is 0 Å². The maximum absolute atomic E-state index is 6.16. The molecular weight excluding hydrogens is 248 g/mol. The fourth-order valence-electron chi connectivity index (χ4n) is 4.05. The van der Waals surface area contributed by atoms with Gasteiger partial charge in [-0.2, -0.15) is 0 Å². The molecule has 2 aliphatic rings. The topological polar surface area (TPSA) is 34.2 Å². The summed E-state index contributed by atoms with van der Waals surface area (Å²) in [6.45, 7) is 0.940. The first-order chi connectivity index (χ1) is 9.81. The van der Waals surface area contributed by atoms with E-state index in [-0.39, 0.29) is 5.60 Å². The molecule has 1 aliphatic heterocycles. The monoisotopic (exact) mass is 274 g/mol. The van der Waals surface area contributed by atoms with E-state index in [1.165, 1.54) is 44.1 Å². The first-order valence-corrected chi connectivity index (χ1v) is 8.01. The van der Waals surface area contributed by atoms with Gasteiger partial charge < -0.3 is 10.1 Å². The third kappa shape index (κ3) is 3.04. The van der Waals surface area contributed by atoms with Gasteiger partial charge in [-0.3, -0.25) is 4.98 Å². The summed E-state index contributed by atoms with van der Waals surface area (Å²) in [5.41, 5.74) is 1.55. The zero-order chi connectivity index (χ0) is 13.8. The van der Waals surface area contributed by atoms with Gasteiger partial charge in [-0.05, 0) is 56.7 Å². The van der Waals surface area contributed by atoms with Gasteiger partial charge in [-0.15, -0.1) is 0 Å². The number of pyridine rings is 1. The van der Waals surface area contributed by atoms with Gasteiger partial charge in [0.15, 0.2) is 0 Å². The molecule has 2 atom stereocenters. The fraction of sp³-hybridized carbons (Fsp3) is 0.706. The highest BCUT2D eigenvalue weighted by Crippen LogP contribution is 2.43. The predicted molar refractivity (Wildman–Crippen MR) is 80.7 cm³/mol. The molecule has 2 heterocycles. The average molecular weight is 274 g/mol. The third-order valence-electron chi connectivity index (χ3n) is 5.16. The van der Waals surface area contributed by atoms with E-state index in [4.69, 9.17) is 4.74 Å². The van der Waals surface area contributed by atoms with E-state index in [0.29, 0.717) is 6.04 Å². The molecule has 1 saturated carbocycles. The van der Waals surface area contributed by atoms with Crippen LogP contribution in [0, 0.1) is 5.92 Å². The molecule has 1 saturated heterocycles. The molecule has 110 valence electrons. The number of aromatic nitrogens is 1. The third-order valence-corrected chi connectivity index (χ3v) is 5.16. The Hall–Kier alpha value is -0.930. The van der Waals surface area contributed by atoms with Crippen LogP contribution in [0.25, 0.3) is 0 Å². The minimum Gasteiger partial charge on any atom is -0.375 e. The van der Waals surface area contributed by atoms with Crippen LogP contribution in [0.15, 0.2) is 24.5 Å². The van der Waals surface area contributed by atoms with Crippen molar-refractivity contribution in [3.8, 4) is 0 Å². The van der Waals surface area contributed by atoms with Crippen LogP contribution >= 0.6 is 0 Å². The SMILES string of the molecule is CNC(Cc1cccnc1)C1CCOC2(CCCC2)C1. The van der Waals surface area contributed by atoms with Crippen LogP contribution in [-0.4, -0.2) is 30.3 Å². The van der Waals surface area contributed by atoms with Gasteiger partial charge in [0.2, 0.25) is 0 Å². The highest BCUT2D eigenvalue weighted by molar-refractivity contribution is 5.11. The summed E-state index contributed by atoms with van der Waals surface area (Å²) >= 11 is 0. The lowest BCUT2D eigenvalue weighted by molar-refractivity contribution is -0.0975. The van der Waals surface area contributed by atoms with Gasteiger partial charge in [0.25, 0.3) is 0 Å². The molecule has 3 nitrogen and oxygen atoms in total. The molecule has 1 aromatic heterocycles. The summed E-state index contributed by atoms with van der Waals surface area (Å²) in [5.74, 6) is 0.729. The lowest BCUT2D eigenvalue weighted by Crippen LogP contribution is -2.45. The zero-order valence-corrected chi connectivity index (χ0v) is 12.5. The maximum atomic E-state index is 6.16. The Morgan fingerprint density at radius 3 is 3.00 bits per heavy atom. The van der Waals surface area contributed by atoms with Crippen molar-refractivity contribution < 1.29 is 4.74 Å². The van der Waals surface area contributed by atoms with Gasteiger partial charge >= 0.3 is 0 Å². The Morgan fingerprint density at radius 2 is 2.30 bits per heavy atom. The van der Waals surface area contributed by atoms with Crippen LogP contribution in [0.2, 0.25) is 0 Å². The number of ether oxygens (including phenoxy) is 1. The maximum Gasteiger partial charge on any atom is 0.0685 e. The van der Waals surface area contributed by atoms with Crippen molar-refractivity contribution in [2.24, 2.45) is 5.92 Å². The minimum atomic E-state index is 0.215. The fourth-order valence-corrected chi connectivity index (χ4v) is 4.05. The van der Waals surface area contributed by atoms with Crippen molar-refractivity contribution >= 4 is 0 Å². The number of hydrogen-bond acceptors (Lipinski definition) is 3. The lowest BCUT2D eigenvalue weighted by atomic mass is 9.79. The van der Waals surface area contributed by atoms with E-state index in [9.17, 15) is 0 Å². The van der Waals surface area contributed by atoms with Gasteiger partial charge in [-0.25, -0.2) is 0 Å². The summed E-state index contributed by atoms with van der Waals surface area (Å²) < 4.78 is 6.16. The van der Waals surface area contributed by atoms with Crippen molar-refractivity contribution in [3.05, 3.63) is 30.1 Å². The molecule has 1 spiro atoms. The van der Waals surface area contributed by atoms with Crippen LogP contribution in [-0.2, 0) is 11.2 Å². The van der Waals surface area contributed by atoms with Gasteiger partial charge in [0.05, 0.1) is 5.60 Å². The molecule has 0 bridgehead atoms. The van der Waals surface area contributed by atoms with Crippen LogP contribution in [0.3, 0.4) is 0 Å². The highest BCUT2D eigenvalue weighted by atomic mass is 16.5. The summed E-state index contributed by atoms with van der Waals surface area (Å²) in [7, 11) is 2.10. The lowest BCUT2D eigenvalue weighted by Gasteiger charge is -2.41. The van der Waals surface area contributed by atoms with Gasteiger partial charge in [0.1, 0.15) is 0 Å². The Morgan fingerprint density at radius 1 is 1.45 bits per heavy atom. The molecule has 2 fully saturated rings. The van der Waals surface area contributed by atoms with Gasteiger partial charge in [-0.1, -0.05) is 18.9 Å². The predicted octanol–water partition coefficient (Wildman–Crippen LogP) is 2.95. The molecule has 1 aliphatic carbocycles. The van der Waals surface area contributed by atoms with Crippen LogP contribution in [0.5, 0.6) is 0 Å². The molecule has 3 rings (SSSR count). The molecule has 0 radical (unpaired) electrons. The van der Waals surface area contributed by atoms with Crippen molar-refractivity contribution in [1.29, 1.82) is 0 Å². The van der Waals surface area contributed by atoms with Crippen molar-refractivity contribution in [2.75, 3.05) is 13.7 Å². The second kappa shape index (κ2) is 6.23. The van der Waals surface area contributed by atoms with Crippen LogP contribution in [0.1, 0.15) is 44.1 Å². The Labute approximate surface area is 122 Å². The Bertz CT molecular complexity index is 414. The van der Waals surface area contributed by atoms with Gasteiger partial charge in [0, 0.05) is 25.0 Å². The first kappa shape index (κ1) is 14.0. The first-order valence-electron chi connectivity index (χ1n) is 8.01. The van der Waals surface area contributed by atoms with E-state index in [1.54, 1.807) is 0 Å². The normalized spacial score (nSPS) is 26.8. The van der Waals surface area contributed by atoms with Crippen LogP contribution < -0.4 is 5.32 Å². The summed E-state index contributed by atoms with van der Waals surface area (Å²) in [6, 6.07) is 4.76. The zero-order valence-electron chi connectivity index (χ0n) is 12.5. The highest BCUT2D eigenvalue weighted by Gasteiger charge is 2.41. The number of nitrogens with zero attached hydrogens (tertiary/aromatic N) is 1. The number of likely N-dealkylation sites (N-methyl/N-ethyl adjacent to an activating group) is 1. The second-order valence-electron chi connectivity index (χ2n) is 6.45. The quantitative estimate of drug-likeness (QED) is 0.916. The van der Waals surface area contributed by atoms with E-state index in [0.717, 1.165) is 18.9 Å². The molecule has 1 N–H and O–H groups in total. The smallest absolute Gasteiger partial charge is 0.0685 e. The Kier molecular flexibility index (Phi) is 4.37. The van der Waals surface area contributed by atoms with E-state index in [1.807, 2.05) is 18.5 Å². The number of rotatable bonds is 4. The second-order valence-corrected chi connectivity index (χ2v) is 6.45. The van der Waals surface area contributed by atoms with Crippen molar-refractivity contribution in [3.63, 3.8) is 0 Å². The molecule has 20 heavy (non-hydrogen) atoms. The number of nitrogens with one attached hydrogen (secondary N) is 1. The van der Waals surface area contributed by atoms with Crippen LogP contribution in [0.4, 0.5) is 0 Å². The molecule has 2 unspecified atom stereocenters. The standard InChI is InChI=1S/C17H26N2O/c1-18-16(11-14-5-4-9-19-13-14)15-6-10-20-17(12-15)7-2-3-8-17/h4-5,9,13,15-16,18H,2-3,6-8,10-12H2,1H3. The molecule has 0 amide bonds. The van der Waals surface area contributed by atoms with E-state index >= 15 is 0 Å². The molecule has 1 aromatic rings. The number of hydrogen-bond donors (Lipinski definition) is 1. The largest absolute Gasteiger partial charge is 0.375 e. The molecule has 0 aromatic carbocycles. The Balaban J connectivity index is 1.66. The van der Waals surface area contributed by atoms with Crippen molar-refractivity contribution in [2.45, 2.75) is 56.6 Å². The summed E-state index contributed by atoms with van der Waals surface area (Å²) in [5, 5.41) is 3.54. The van der Waals surface area contributed by atoms with Crippen molar-refractivity contribution in [1.82, 2.24) is 10.3 Å². The average Bonchev–Trinajstić information content (AvgIpc) is 2.93. The summed E-state index contributed by atoms with van der Waals surface area (Å²) in [4.78, 5) is 4.24. The minimum absolute atomic E-state index is 0.215. The van der Waals surface area contributed by atoms with E-state index in [2.05, 4.69) is 23.4 Å².